The van der Waals surface area contributed by atoms with Crippen LogP contribution in [0.25, 0.3) is 5.76 Å². The van der Waals surface area contributed by atoms with Crippen molar-refractivity contribution in [3.63, 3.8) is 0 Å². The van der Waals surface area contributed by atoms with E-state index < -0.39 is 0 Å². The SMILES string of the molecule is O=C(C=C(O)c1ncn[nH]1)c1ccc(Cc2ccccc2)s1. The van der Waals surface area contributed by atoms with Gasteiger partial charge in [0.15, 0.2) is 17.4 Å². The lowest BCUT2D eigenvalue weighted by atomic mass is 10.1. The van der Waals surface area contributed by atoms with E-state index >= 15 is 0 Å². The van der Waals surface area contributed by atoms with Crippen molar-refractivity contribution in [3.8, 4) is 0 Å². The molecule has 0 saturated heterocycles. The van der Waals surface area contributed by atoms with Gasteiger partial charge < -0.3 is 5.11 Å². The minimum atomic E-state index is -0.252. The Hall–Kier alpha value is -2.73. The smallest absolute Gasteiger partial charge is 0.199 e. The third-order valence-electron chi connectivity index (χ3n) is 3.05. The van der Waals surface area contributed by atoms with Crippen LogP contribution in [0.4, 0.5) is 0 Å². The van der Waals surface area contributed by atoms with E-state index in [0.29, 0.717) is 4.88 Å². The molecule has 3 rings (SSSR count). The number of H-pyrrole nitrogens is 1. The Morgan fingerprint density at radius 2 is 2.05 bits per heavy atom. The van der Waals surface area contributed by atoms with E-state index in [0.717, 1.165) is 17.4 Å². The highest BCUT2D eigenvalue weighted by Gasteiger charge is 2.11. The number of hydrogen-bond donors (Lipinski definition) is 2. The zero-order valence-corrected chi connectivity index (χ0v) is 12.4. The first-order chi connectivity index (χ1) is 10.7. The average molecular weight is 311 g/mol. The average Bonchev–Trinajstić information content (AvgIpc) is 3.19. The molecule has 0 aliphatic rings. The van der Waals surface area contributed by atoms with Gasteiger partial charge in [-0.3, -0.25) is 9.89 Å². The lowest BCUT2D eigenvalue weighted by Gasteiger charge is -1.97. The minimum Gasteiger partial charge on any atom is -0.504 e. The van der Waals surface area contributed by atoms with Crippen molar-refractivity contribution in [2.75, 3.05) is 0 Å². The van der Waals surface area contributed by atoms with E-state index in [1.165, 1.54) is 23.2 Å². The Bertz CT molecular complexity index is 792. The normalized spacial score (nSPS) is 11.5. The molecular weight excluding hydrogens is 298 g/mol. The molecule has 0 radical (unpaired) electrons. The molecule has 0 aliphatic carbocycles. The molecule has 0 aliphatic heterocycles. The zero-order chi connectivity index (χ0) is 15.4. The van der Waals surface area contributed by atoms with Gasteiger partial charge in [0.1, 0.15) is 6.33 Å². The summed E-state index contributed by atoms with van der Waals surface area (Å²) in [6.07, 6.45) is 3.21. The maximum Gasteiger partial charge on any atom is 0.199 e. The van der Waals surface area contributed by atoms with Gasteiger partial charge >= 0.3 is 0 Å². The van der Waals surface area contributed by atoms with Crippen molar-refractivity contribution in [3.05, 3.63) is 76.0 Å². The number of aliphatic hydroxyl groups is 1. The van der Waals surface area contributed by atoms with Gasteiger partial charge in [-0.15, -0.1) is 11.3 Å². The molecular formula is C16H13N3O2S. The van der Waals surface area contributed by atoms with Crippen LogP contribution in [0.15, 0.2) is 54.9 Å². The maximum atomic E-state index is 12.1. The molecule has 2 N–H and O–H groups in total. The van der Waals surface area contributed by atoms with Crippen LogP contribution in [-0.2, 0) is 6.42 Å². The molecule has 0 saturated carbocycles. The van der Waals surface area contributed by atoms with Crippen LogP contribution in [0.2, 0.25) is 0 Å². The van der Waals surface area contributed by atoms with E-state index in [9.17, 15) is 9.90 Å². The van der Waals surface area contributed by atoms with E-state index in [4.69, 9.17) is 0 Å². The number of thiophene rings is 1. The fourth-order valence-corrected chi connectivity index (χ4v) is 2.95. The molecule has 2 aromatic heterocycles. The summed E-state index contributed by atoms with van der Waals surface area (Å²) in [5, 5.41) is 15.9. The quantitative estimate of drug-likeness (QED) is 0.431. The van der Waals surface area contributed by atoms with E-state index in [2.05, 4.69) is 27.3 Å². The molecule has 0 unspecified atom stereocenters. The van der Waals surface area contributed by atoms with Crippen molar-refractivity contribution >= 4 is 22.9 Å². The highest BCUT2D eigenvalue weighted by molar-refractivity contribution is 7.14. The topological polar surface area (TPSA) is 78.9 Å². The number of nitrogens with zero attached hydrogens (tertiary/aromatic N) is 2. The van der Waals surface area contributed by atoms with E-state index in [1.807, 2.05) is 24.3 Å². The van der Waals surface area contributed by atoms with Gasteiger partial charge in [-0.1, -0.05) is 30.3 Å². The molecule has 6 heteroatoms. The number of aliphatic hydroxyl groups excluding tert-OH is 1. The Morgan fingerprint density at radius 1 is 1.23 bits per heavy atom. The number of hydrogen-bond acceptors (Lipinski definition) is 5. The molecule has 0 amide bonds. The Morgan fingerprint density at radius 3 is 2.77 bits per heavy atom. The molecule has 0 bridgehead atoms. The number of rotatable bonds is 5. The summed E-state index contributed by atoms with van der Waals surface area (Å²) in [6, 6.07) is 13.8. The van der Waals surface area contributed by atoms with Crippen molar-refractivity contribution in [2.45, 2.75) is 6.42 Å². The van der Waals surface area contributed by atoms with Crippen LogP contribution < -0.4 is 0 Å². The molecule has 110 valence electrons. The van der Waals surface area contributed by atoms with Crippen molar-refractivity contribution < 1.29 is 9.90 Å². The molecule has 22 heavy (non-hydrogen) atoms. The minimum absolute atomic E-state index is 0.175. The van der Waals surface area contributed by atoms with E-state index in [-0.39, 0.29) is 17.4 Å². The fourth-order valence-electron chi connectivity index (χ4n) is 1.99. The molecule has 5 nitrogen and oxygen atoms in total. The van der Waals surface area contributed by atoms with Crippen LogP contribution in [0.5, 0.6) is 0 Å². The van der Waals surface area contributed by atoms with Crippen LogP contribution in [-0.4, -0.2) is 26.1 Å². The first-order valence-corrected chi connectivity index (χ1v) is 7.47. The lowest BCUT2D eigenvalue weighted by molar-refractivity contribution is 0.104. The summed E-state index contributed by atoms with van der Waals surface area (Å²) in [7, 11) is 0. The Balaban J connectivity index is 1.73. The first-order valence-electron chi connectivity index (χ1n) is 6.66. The van der Waals surface area contributed by atoms with E-state index in [1.54, 1.807) is 6.07 Å². The second-order valence-electron chi connectivity index (χ2n) is 4.66. The van der Waals surface area contributed by atoms with Gasteiger partial charge in [-0.25, -0.2) is 4.98 Å². The summed E-state index contributed by atoms with van der Waals surface area (Å²) in [5.41, 5.74) is 1.20. The molecule has 0 atom stereocenters. The summed E-state index contributed by atoms with van der Waals surface area (Å²) in [5.74, 6) is -0.298. The Labute approximate surface area is 131 Å². The molecule has 1 aromatic carbocycles. The standard InChI is InChI=1S/C16H13N3O2S/c20-13(9-14(21)16-17-10-18-19-16)15-7-6-12(22-15)8-11-4-2-1-3-5-11/h1-7,9-10,21H,8H2,(H,17,18,19). The van der Waals surface area contributed by atoms with Gasteiger partial charge in [-0.05, 0) is 17.7 Å². The Kier molecular flexibility index (Phi) is 4.11. The summed E-state index contributed by atoms with van der Waals surface area (Å²) in [4.78, 5) is 17.6. The van der Waals surface area contributed by atoms with Crippen molar-refractivity contribution in [1.29, 1.82) is 0 Å². The maximum absolute atomic E-state index is 12.1. The number of benzene rings is 1. The predicted octanol–water partition coefficient (Wildman–Crippen LogP) is 3.24. The lowest BCUT2D eigenvalue weighted by Crippen LogP contribution is -1.94. The van der Waals surface area contributed by atoms with Crippen LogP contribution >= 0.6 is 11.3 Å². The summed E-state index contributed by atoms with van der Waals surface area (Å²) < 4.78 is 0. The van der Waals surface area contributed by atoms with Crippen LogP contribution in [0, 0.1) is 0 Å². The van der Waals surface area contributed by atoms with Gasteiger partial charge in [0, 0.05) is 17.4 Å². The monoisotopic (exact) mass is 311 g/mol. The molecule has 3 aromatic rings. The summed E-state index contributed by atoms with van der Waals surface area (Å²) in [6.45, 7) is 0. The fraction of sp³-hybridized carbons (Fsp3) is 0.0625. The van der Waals surface area contributed by atoms with Crippen LogP contribution in [0.1, 0.15) is 25.9 Å². The number of ketones is 1. The largest absolute Gasteiger partial charge is 0.504 e. The zero-order valence-electron chi connectivity index (χ0n) is 11.6. The van der Waals surface area contributed by atoms with Crippen LogP contribution in [0.3, 0.4) is 0 Å². The molecule has 2 heterocycles. The first kappa shape index (κ1) is 14.2. The van der Waals surface area contributed by atoms with Gasteiger partial charge in [0.2, 0.25) is 0 Å². The highest BCUT2D eigenvalue weighted by atomic mass is 32.1. The number of nitrogens with one attached hydrogen (secondary N) is 1. The van der Waals surface area contributed by atoms with Gasteiger partial charge in [0.25, 0.3) is 0 Å². The number of carbonyl (C=O) groups is 1. The van der Waals surface area contributed by atoms with Gasteiger partial charge in [0.05, 0.1) is 4.88 Å². The number of carbonyl (C=O) groups excluding carboxylic acids is 1. The number of aromatic amines is 1. The second kappa shape index (κ2) is 6.36. The number of aromatic nitrogens is 3. The second-order valence-corrected chi connectivity index (χ2v) is 5.82. The van der Waals surface area contributed by atoms with Crippen molar-refractivity contribution in [1.82, 2.24) is 15.2 Å². The predicted molar refractivity (Wildman–Crippen MR) is 84.9 cm³/mol. The number of allylic oxidation sites excluding steroid dienone is 1. The van der Waals surface area contributed by atoms with Crippen molar-refractivity contribution in [2.24, 2.45) is 0 Å². The highest BCUT2D eigenvalue weighted by Crippen LogP contribution is 2.21. The third-order valence-corrected chi connectivity index (χ3v) is 4.15. The summed E-state index contributed by atoms with van der Waals surface area (Å²) >= 11 is 1.42. The molecule has 0 spiro atoms. The third kappa shape index (κ3) is 3.29. The molecule has 0 fully saturated rings. The van der Waals surface area contributed by atoms with Gasteiger partial charge in [-0.2, -0.15) is 5.10 Å².